The number of alkyl carbamates (subject to hydrolysis) is 1. The highest BCUT2D eigenvalue weighted by Gasteiger charge is 2.32. The molecule has 2 aliphatic carbocycles. The number of hydrogen-bond acceptors (Lipinski definition) is 5. The standard InChI is InChI=1S/C27H32N2O6/c1-27(34,14-24(30)31)16-28-25(32)17-7-6-8-18(13-17)29-26(33)35-15-23-21-11-4-2-9-19(21)20-10-3-5-12-22(20)23/h2-5,9-12,17-18,23,34H,6-8,13-16H2,1H3,(H,28,32)(H,29,33)(H,30,31). The lowest BCUT2D eigenvalue weighted by Crippen LogP contribution is -2.46. The lowest BCUT2D eigenvalue weighted by Gasteiger charge is -2.30. The van der Waals surface area contributed by atoms with Crippen LogP contribution in [-0.2, 0) is 14.3 Å². The van der Waals surface area contributed by atoms with Crippen molar-refractivity contribution in [2.45, 2.75) is 56.6 Å². The Labute approximate surface area is 204 Å². The van der Waals surface area contributed by atoms with Crippen LogP contribution >= 0.6 is 0 Å². The minimum Gasteiger partial charge on any atom is -0.481 e. The molecular weight excluding hydrogens is 448 g/mol. The smallest absolute Gasteiger partial charge is 0.407 e. The number of amides is 2. The van der Waals surface area contributed by atoms with Gasteiger partial charge in [0.15, 0.2) is 0 Å². The van der Waals surface area contributed by atoms with Crippen molar-refractivity contribution in [1.29, 1.82) is 0 Å². The van der Waals surface area contributed by atoms with E-state index in [1.165, 1.54) is 18.1 Å². The van der Waals surface area contributed by atoms with Gasteiger partial charge in [-0.15, -0.1) is 0 Å². The molecule has 0 spiro atoms. The molecule has 35 heavy (non-hydrogen) atoms. The van der Waals surface area contributed by atoms with E-state index in [1.54, 1.807) is 0 Å². The van der Waals surface area contributed by atoms with E-state index in [4.69, 9.17) is 9.84 Å². The molecule has 3 atom stereocenters. The van der Waals surface area contributed by atoms with Crippen molar-refractivity contribution >= 4 is 18.0 Å². The number of carboxylic acid groups (broad SMARTS) is 1. The predicted octanol–water partition coefficient (Wildman–Crippen LogP) is 3.43. The van der Waals surface area contributed by atoms with Gasteiger partial charge in [-0.1, -0.05) is 55.0 Å². The zero-order valence-corrected chi connectivity index (χ0v) is 19.8. The highest BCUT2D eigenvalue weighted by Crippen LogP contribution is 2.44. The fraction of sp³-hybridized carbons (Fsp3) is 0.444. The van der Waals surface area contributed by atoms with Crippen LogP contribution in [0.5, 0.6) is 0 Å². The summed E-state index contributed by atoms with van der Waals surface area (Å²) in [5, 5.41) is 24.5. The molecule has 186 valence electrons. The molecule has 1 fully saturated rings. The zero-order valence-electron chi connectivity index (χ0n) is 19.8. The van der Waals surface area contributed by atoms with Crippen molar-refractivity contribution in [1.82, 2.24) is 10.6 Å². The summed E-state index contributed by atoms with van der Waals surface area (Å²) in [6, 6.07) is 16.1. The van der Waals surface area contributed by atoms with Gasteiger partial charge in [0.25, 0.3) is 0 Å². The molecule has 2 aromatic carbocycles. The van der Waals surface area contributed by atoms with Crippen LogP contribution in [0.1, 0.15) is 56.1 Å². The maximum Gasteiger partial charge on any atom is 0.407 e. The first-order valence-corrected chi connectivity index (χ1v) is 12.1. The first-order chi connectivity index (χ1) is 16.7. The van der Waals surface area contributed by atoms with Gasteiger partial charge in [0.05, 0.1) is 12.0 Å². The van der Waals surface area contributed by atoms with Crippen molar-refractivity contribution in [3.63, 3.8) is 0 Å². The molecule has 4 N–H and O–H groups in total. The molecule has 2 aliphatic rings. The first-order valence-electron chi connectivity index (χ1n) is 12.1. The van der Waals surface area contributed by atoms with Crippen molar-refractivity contribution < 1.29 is 29.3 Å². The lowest BCUT2D eigenvalue weighted by molar-refractivity contribution is -0.142. The maximum atomic E-state index is 12.6. The summed E-state index contributed by atoms with van der Waals surface area (Å²) < 4.78 is 5.63. The first kappa shape index (κ1) is 24.7. The highest BCUT2D eigenvalue weighted by atomic mass is 16.5. The number of carbonyl (C=O) groups excluding carboxylic acids is 2. The summed E-state index contributed by atoms with van der Waals surface area (Å²) in [6.45, 7) is 1.47. The third kappa shape index (κ3) is 6.00. The van der Waals surface area contributed by atoms with E-state index in [2.05, 4.69) is 34.9 Å². The van der Waals surface area contributed by atoms with Gasteiger partial charge in [-0.05, 0) is 48.4 Å². The number of carbonyl (C=O) groups is 3. The van der Waals surface area contributed by atoms with Gasteiger partial charge in [-0.25, -0.2) is 4.79 Å². The second-order valence-electron chi connectivity index (χ2n) is 9.82. The SMILES string of the molecule is CC(O)(CNC(=O)C1CCCC(NC(=O)OCC2c3ccccc3-c3ccccc32)C1)CC(=O)O. The van der Waals surface area contributed by atoms with Gasteiger partial charge in [-0.3, -0.25) is 9.59 Å². The van der Waals surface area contributed by atoms with E-state index in [1.807, 2.05) is 24.3 Å². The number of carboxylic acids is 1. The van der Waals surface area contributed by atoms with E-state index in [-0.39, 0.29) is 36.9 Å². The summed E-state index contributed by atoms with van der Waals surface area (Å²) >= 11 is 0. The number of benzene rings is 2. The Morgan fingerprint density at radius 1 is 1.03 bits per heavy atom. The monoisotopic (exact) mass is 480 g/mol. The molecule has 4 rings (SSSR count). The molecule has 0 heterocycles. The summed E-state index contributed by atoms with van der Waals surface area (Å²) in [4.78, 5) is 36.0. The topological polar surface area (TPSA) is 125 Å². The Kier molecular flexibility index (Phi) is 7.40. The molecule has 3 unspecified atom stereocenters. The van der Waals surface area contributed by atoms with Gasteiger partial charge in [0.2, 0.25) is 5.91 Å². The molecule has 0 radical (unpaired) electrons. The largest absolute Gasteiger partial charge is 0.481 e. The Balaban J connectivity index is 1.28. The molecule has 0 aromatic heterocycles. The summed E-state index contributed by atoms with van der Waals surface area (Å²) in [5.41, 5.74) is 3.11. The van der Waals surface area contributed by atoms with Gasteiger partial charge in [0, 0.05) is 24.4 Å². The number of ether oxygens (including phenoxy) is 1. The number of nitrogens with one attached hydrogen (secondary N) is 2. The van der Waals surface area contributed by atoms with Crippen molar-refractivity contribution in [3.05, 3.63) is 59.7 Å². The summed E-state index contributed by atoms with van der Waals surface area (Å²) in [5.74, 6) is -1.70. The van der Waals surface area contributed by atoms with Gasteiger partial charge in [0.1, 0.15) is 6.61 Å². The second kappa shape index (κ2) is 10.5. The maximum absolute atomic E-state index is 12.6. The minimum absolute atomic E-state index is 0.0170. The van der Waals surface area contributed by atoms with Crippen molar-refractivity contribution in [2.24, 2.45) is 5.92 Å². The Morgan fingerprint density at radius 2 is 1.66 bits per heavy atom. The molecule has 8 nitrogen and oxygen atoms in total. The van der Waals surface area contributed by atoms with Crippen LogP contribution < -0.4 is 10.6 Å². The van der Waals surface area contributed by atoms with E-state index in [0.29, 0.717) is 12.8 Å². The van der Waals surface area contributed by atoms with E-state index in [0.717, 1.165) is 24.0 Å². The Morgan fingerprint density at radius 3 is 2.29 bits per heavy atom. The quantitative estimate of drug-likeness (QED) is 0.459. The minimum atomic E-state index is -1.52. The van der Waals surface area contributed by atoms with Crippen LogP contribution in [0.2, 0.25) is 0 Å². The van der Waals surface area contributed by atoms with E-state index in [9.17, 15) is 19.5 Å². The normalized spacial score (nSPS) is 20.7. The van der Waals surface area contributed by atoms with Crippen molar-refractivity contribution in [3.8, 4) is 11.1 Å². The fourth-order valence-electron chi connectivity index (χ4n) is 5.18. The third-order valence-corrected chi connectivity index (χ3v) is 6.89. The van der Waals surface area contributed by atoms with E-state index >= 15 is 0 Å². The van der Waals surface area contributed by atoms with Gasteiger partial charge in [-0.2, -0.15) is 0 Å². The number of hydrogen-bond donors (Lipinski definition) is 4. The zero-order chi connectivity index (χ0) is 25.0. The third-order valence-electron chi connectivity index (χ3n) is 6.89. The van der Waals surface area contributed by atoms with Crippen LogP contribution in [0, 0.1) is 5.92 Å². The molecule has 8 heteroatoms. The van der Waals surface area contributed by atoms with Crippen LogP contribution in [-0.4, -0.2) is 53.0 Å². The van der Waals surface area contributed by atoms with Crippen LogP contribution in [0.15, 0.2) is 48.5 Å². The summed E-state index contributed by atoms with van der Waals surface area (Å²) in [6.07, 6.45) is 1.72. The highest BCUT2D eigenvalue weighted by molar-refractivity contribution is 5.80. The Hall–Kier alpha value is -3.39. The molecule has 0 bridgehead atoms. The second-order valence-corrected chi connectivity index (χ2v) is 9.82. The van der Waals surface area contributed by atoms with Crippen LogP contribution in [0.25, 0.3) is 11.1 Å². The summed E-state index contributed by atoms with van der Waals surface area (Å²) in [7, 11) is 0. The van der Waals surface area contributed by atoms with Crippen molar-refractivity contribution in [2.75, 3.05) is 13.2 Å². The van der Waals surface area contributed by atoms with Gasteiger partial charge < -0.3 is 25.6 Å². The molecule has 2 amide bonds. The van der Waals surface area contributed by atoms with Crippen LogP contribution in [0.3, 0.4) is 0 Å². The number of aliphatic hydroxyl groups is 1. The average Bonchev–Trinajstić information content (AvgIpc) is 3.14. The average molecular weight is 481 g/mol. The number of aliphatic carboxylic acids is 1. The predicted molar refractivity (Wildman–Crippen MR) is 130 cm³/mol. The van der Waals surface area contributed by atoms with Gasteiger partial charge >= 0.3 is 12.1 Å². The molecule has 1 saturated carbocycles. The fourth-order valence-corrected chi connectivity index (χ4v) is 5.18. The molecule has 0 aliphatic heterocycles. The molecular formula is C27H32N2O6. The molecule has 0 saturated heterocycles. The number of rotatable bonds is 8. The molecule has 2 aromatic rings. The van der Waals surface area contributed by atoms with E-state index < -0.39 is 24.1 Å². The Bertz CT molecular complexity index is 1050. The van der Waals surface area contributed by atoms with Crippen LogP contribution in [0.4, 0.5) is 4.79 Å². The number of fused-ring (bicyclic) bond motifs is 3. The lowest BCUT2D eigenvalue weighted by atomic mass is 9.85.